The minimum absolute atomic E-state index is 0.235. The molecule has 0 saturated carbocycles. The van der Waals surface area contributed by atoms with E-state index < -0.39 is 12.2 Å². The van der Waals surface area contributed by atoms with Gasteiger partial charge >= 0.3 is 6.09 Å². The van der Waals surface area contributed by atoms with Crippen LogP contribution in [0.3, 0.4) is 0 Å². The van der Waals surface area contributed by atoms with E-state index in [0.717, 1.165) is 5.69 Å². The van der Waals surface area contributed by atoms with E-state index in [9.17, 15) is 9.90 Å². The SMILES string of the molecule is CCOC(=O)Nc1cccc(NCC(O)CO)c1. The lowest BCUT2D eigenvalue weighted by Gasteiger charge is -2.11. The zero-order valence-electron chi connectivity index (χ0n) is 10.2. The molecule has 0 bridgehead atoms. The van der Waals surface area contributed by atoms with Crippen molar-refractivity contribution < 1.29 is 19.7 Å². The van der Waals surface area contributed by atoms with Gasteiger partial charge in [0.2, 0.25) is 0 Å². The minimum Gasteiger partial charge on any atom is -0.450 e. The molecule has 1 unspecified atom stereocenters. The monoisotopic (exact) mass is 254 g/mol. The molecular weight excluding hydrogens is 236 g/mol. The van der Waals surface area contributed by atoms with Gasteiger partial charge < -0.3 is 20.3 Å². The van der Waals surface area contributed by atoms with Crippen LogP contribution in [0, 0.1) is 0 Å². The topological polar surface area (TPSA) is 90.8 Å². The molecule has 0 fully saturated rings. The molecule has 100 valence electrons. The number of rotatable bonds is 6. The second kappa shape index (κ2) is 7.52. The van der Waals surface area contributed by atoms with Crippen LogP contribution < -0.4 is 10.6 Å². The van der Waals surface area contributed by atoms with Crippen LogP contribution in [0.5, 0.6) is 0 Å². The zero-order chi connectivity index (χ0) is 13.4. The summed E-state index contributed by atoms with van der Waals surface area (Å²) >= 11 is 0. The predicted molar refractivity (Wildman–Crippen MR) is 68.7 cm³/mol. The Morgan fingerprint density at radius 2 is 2.17 bits per heavy atom. The number of anilines is 2. The second-order valence-corrected chi connectivity index (χ2v) is 3.64. The van der Waals surface area contributed by atoms with E-state index in [1.165, 1.54) is 0 Å². The third-order valence-electron chi connectivity index (χ3n) is 2.14. The highest BCUT2D eigenvalue weighted by atomic mass is 16.5. The molecule has 6 heteroatoms. The Morgan fingerprint density at radius 3 is 2.83 bits per heavy atom. The third kappa shape index (κ3) is 5.03. The molecule has 0 saturated heterocycles. The van der Waals surface area contributed by atoms with Crippen molar-refractivity contribution in [2.45, 2.75) is 13.0 Å². The summed E-state index contributed by atoms with van der Waals surface area (Å²) in [6.45, 7) is 1.98. The van der Waals surface area contributed by atoms with Crippen molar-refractivity contribution in [2.75, 3.05) is 30.4 Å². The fourth-order valence-corrected chi connectivity index (χ4v) is 1.29. The lowest BCUT2D eigenvalue weighted by Crippen LogP contribution is -2.23. The van der Waals surface area contributed by atoms with Gasteiger partial charge in [0, 0.05) is 17.9 Å². The molecule has 0 radical (unpaired) electrons. The number of aliphatic hydroxyl groups excluding tert-OH is 2. The number of amides is 1. The van der Waals surface area contributed by atoms with Crippen molar-refractivity contribution in [1.29, 1.82) is 0 Å². The molecule has 0 heterocycles. The Kier molecular flexibility index (Phi) is 5.96. The van der Waals surface area contributed by atoms with E-state index in [4.69, 9.17) is 9.84 Å². The number of nitrogens with one attached hydrogen (secondary N) is 2. The van der Waals surface area contributed by atoms with Crippen LogP contribution in [0.2, 0.25) is 0 Å². The fraction of sp³-hybridized carbons (Fsp3) is 0.417. The van der Waals surface area contributed by atoms with Crippen molar-refractivity contribution in [3.05, 3.63) is 24.3 Å². The Labute approximate surface area is 106 Å². The van der Waals surface area contributed by atoms with Crippen molar-refractivity contribution in [3.8, 4) is 0 Å². The summed E-state index contributed by atoms with van der Waals surface area (Å²) < 4.78 is 4.76. The maximum absolute atomic E-state index is 11.2. The van der Waals surface area contributed by atoms with Gasteiger partial charge in [0.25, 0.3) is 0 Å². The molecule has 18 heavy (non-hydrogen) atoms. The molecule has 0 aliphatic heterocycles. The first-order valence-corrected chi connectivity index (χ1v) is 5.72. The van der Waals surface area contributed by atoms with E-state index >= 15 is 0 Å². The summed E-state index contributed by atoms with van der Waals surface area (Å²) in [5.41, 5.74) is 1.33. The maximum atomic E-state index is 11.2. The first-order chi connectivity index (χ1) is 8.65. The van der Waals surface area contributed by atoms with Gasteiger partial charge in [-0.3, -0.25) is 5.32 Å². The maximum Gasteiger partial charge on any atom is 0.411 e. The average molecular weight is 254 g/mol. The summed E-state index contributed by atoms with van der Waals surface area (Å²) in [6, 6.07) is 6.99. The van der Waals surface area contributed by atoms with Gasteiger partial charge in [-0.25, -0.2) is 4.79 Å². The molecule has 4 N–H and O–H groups in total. The summed E-state index contributed by atoms with van der Waals surface area (Å²) in [4.78, 5) is 11.2. The van der Waals surface area contributed by atoms with Gasteiger partial charge in [0.1, 0.15) is 0 Å². The van der Waals surface area contributed by atoms with Gasteiger partial charge in [0.05, 0.1) is 19.3 Å². The molecule has 0 aromatic heterocycles. The Hall–Kier alpha value is -1.79. The average Bonchev–Trinajstić information content (AvgIpc) is 2.36. The van der Waals surface area contributed by atoms with E-state index in [1.807, 2.05) is 0 Å². The number of hydrogen-bond acceptors (Lipinski definition) is 5. The number of aliphatic hydroxyl groups is 2. The van der Waals surface area contributed by atoms with E-state index in [1.54, 1.807) is 31.2 Å². The molecule has 1 aromatic rings. The molecule has 0 aliphatic rings. The summed E-state index contributed by atoms with van der Waals surface area (Å²) in [5.74, 6) is 0. The normalized spacial score (nSPS) is 11.7. The Balaban J connectivity index is 2.53. The molecule has 1 atom stereocenters. The first kappa shape index (κ1) is 14.3. The van der Waals surface area contributed by atoms with Crippen molar-refractivity contribution in [1.82, 2.24) is 0 Å². The van der Waals surface area contributed by atoms with Gasteiger partial charge in [-0.15, -0.1) is 0 Å². The fourth-order valence-electron chi connectivity index (χ4n) is 1.29. The van der Waals surface area contributed by atoms with Crippen LogP contribution in [0.25, 0.3) is 0 Å². The number of benzene rings is 1. The van der Waals surface area contributed by atoms with E-state index in [-0.39, 0.29) is 13.2 Å². The lowest BCUT2D eigenvalue weighted by atomic mass is 10.2. The van der Waals surface area contributed by atoms with Crippen LogP contribution in [-0.2, 0) is 4.74 Å². The quantitative estimate of drug-likeness (QED) is 0.608. The summed E-state index contributed by atoms with van der Waals surface area (Å²) in [5, 5.41) is 23.4. The third-order valence-corrected chi connectivity index (χ3v) is 2.14. The van der Waals surface area contributed by atoms with Gasteiger partial charge in [0.15, 0.2) is 0 Å². The smallest absolute Gasteiger partial charge is 0.411 e. The van der Waals surface area contributed by atoms with Crippen LogP contribution in [0.15, 0.2) is 24.3 Å². The first-order valence-electron chi connectivity index (χ1n) is 5.72. The van der Waals surface area contributed by atoms with Crippen LogP contribution in [-0.4, -0.2) is 42.2 Å². The van der Waals surface area contributed by atoms with Crippen LogP contribution in [0.1, 0.15) is 6.92 Å². The zero-order valence-corrected chi connectivity index (χ0v) is 10.2. The second-order valence-electron chi connectivity index (χ2n) is 3.64. The summed E-state index contributed by atoms with van der Waals surface area (Å²) in [6.07, 6.45) is -1.32. The number of carbonyl (C=O) groups excluding carboxylic acids is 1. The standard InChI is InChI=1S/C12H18N2O4/c1-2-18-12(17)14-10-5-3-4-9(6-10)13-7-11(16)8-15/h3-6,11,13,15-16H,2,7-8H2,1H3,(H,14,17). The van der Waals surface area contributed by atoms with E-state index in [2.05, 4.69) is 10.6 Å². The summed E-state index contributed by atoms with van der Waals surface area (Å²) in [7, 11) is 0. The highest BCUT2D eigenvalue weighted by Crippen LogP contribution is 2.15. The molecule has 1 rings (SSSR count). The van der Waals surface area contributed by atoms with Gasteiger partial charge in [-0.05, 0) is 25.1 Å². The highest BCUT2D eigenvalue weighted by Gasteiger charge is 2.04. The molecular formula is C12H18N2O4. The largest absolute Gasteiger partial charge is 0.450 e. The molecule has 6 nitrogen and oxygen atoms in total. The van der Waals surface area contributed by atoms with Gasteiger partial charge in [-0.1, -0.05) is 6.07 Å². The van der Waals surface area contributed by atoms with Gasteiger partial charge in [-0.2, -0.15) is 0 Å². The van der Waals surface area contributed by atoms with E-state index in [0.29, 0.717) is 12.3 Å². The minimum atomic E-state index is -0.813. The Morgan fingerprint density at radius 1 is 1.44 bits per heavy atom. The Bertz CT molecular complexity index is 384. The number of hydrogen-bond donors (Lipinski definition) is 4. The lowest BCUT2D eigenvalue weighted by molar-refractivity contribution is 0.105. The molecule has 1 aromatic carbocycles. The number of ether oxygens (including phenoxy) is 1. The van der Waals surface area contributed by atoms with Crippen molar-refractivity contribution >= 4 is 17.5 Å². The van der Waals surface area contributed by atoms with Crippen molar-refractivity contribution in [3.63, 3.8) is 0 Å². The van der Waals surface area contributed by atoms with Crippen LogP contribution >= 0.6 is 0 Å². The number of carbonyl (C=O) groups is 1. The molecule has 1 amide bonds. The molecule has 0 spiro atoms. The predicted octanol–water partition coefficient (Wildman–Crippen LogP) is 1.02. The molecule has 0 aliphatic carbocycles. The van der Waals surface area contributed by atoms with Crippen molar-refractivity contribution in [2.24, 2.45) is 0 Å². The highest BCUT2D eigenvalue weighted by molar-refractivity contribution is 5.85. The van der Waals surface area contributed by atoms with Crippen LogP contribution in [0.4, 0.5) is 16.2 Å².